The predicted octanol–water partition coefficient (Wildman–Crippen LogP) is 7.79. The van der Waals surface area contributed by atoms with Gasteiger partial charge in [-0.2, -0.15) is 0 Å². The molecule has 2 N–H and O–H groups in total. The van der Waals surface area contributed by atoms with Crippen molar-refractivity contribution in [2.24, 2.45) is 0 Å². The molecule has 0 fully saturated rings. The Morgan fingerprint density at radius 1 is 0.971 bits per heavy atom. The van der Waals surface area contributed by atoms with Gasteiger partial charge in [-0.3, -0.25) is 0 Å². The lowest BCUT2D eigenvalue weighted by atomic mass is 9.96. The molecule has 0 saturated heterocycles. The van der Waals surface area contributed by atoms with E-state index in [0.29, 0.717) is 5.92 Å². The number of hydrogen-bond donors (Lipinski definition) is 2. The zero-order valence-electron chi connectivity index (χ0n) is 19.2. The van der Waals surface area contributed by atoms with Crippen molar-refractivity contribution < 1.29 is 9.84 Å². The SMILES string of the molecule is Cc1nnc(C=Cc2ccc(Oc3c(-c4ccccc4C(C)C)sc4cc(O)ccc34)cc2)[nH]1. The quantitative estimate of drug-likeness (QED) is 0.267. The molecular weight excluding hydrogens is 442 g/mol. The van der Waals surface area contributed by atoms with Gasteiger partial charge in [0.25, 0.3) is 0 Å². The zero-order valence-corrected chi connectivity index (χ0v) is 20.1. The van der Waals surface area contributed by atoms with Gasteiger partial charge in [0.1, 0.15) is 17.3 Å². The van der Waals surface area contributed by atoms with E-state index in [9.17, 15) is 5.11 Å². The van der Waals surface area contributed by atoms with E-state index in [1.54, 1.807) is 23.5 Å². The molecule has 5 aromatic rings. The second-order valence-corrected chi connectivity index (χ2v) is 9.54. The van der Waals surface area contributed by atoms with Crippen LogP contribution in [-0.4, -0.2) is 20.3 Å². The molecule has 0 saturated carbocycles. The summed E-state index contributed by atoms with van der Waals surface area (Å²) in [5, 5.41) is 19.1. The number of nitrogens with zero attached hydrogens (tertiary/aromatic N) is 2. The van der Waals surface area contributed by atoms with Gasteiger partial charge >= 0.3 is 0 Å². The first-order valence-electron chi connectivity index (χ1n) is 11.2. The van der Waals surface area contributed by atoms with Crippen molar-refractivity contribution in [1.82, 2.24) is 15.2 Å². The third-order valence-electron chi connectivity index (χ3n) is 5.61. The van der Waals surface area contributed by atoms with Crippen LogP contribution in [-0.2, 0) is 0 Å². The predicted molar refractivity (Wildman–Crippen MR) is 140 cm³/mol. The van der Waals surface area contributed by atoms with Crippen LogP contribution >= 0.6 is 11.3 Å². The number of benzene rings is 3. The standard InChI is InChI=1S/C28H25N3O2S/c1-17(2)22-6-4-5-7-23(22)28-27(24-14-11-20(32)16-25(24)34-28)33-21-12-8-19(9-13-21)10-15-26-29-18(3)30-31-26/h4-17,32H,1-3H3,(H,29,30,31). The average Bonchev–Trinajstić information content (AvgIpc) is 3.41. The molecule has 5 rings (SSSR count). The van der Waals surface area contributed by atoms with Gasteiger partial charge in [0.15, 0.2) is 11.6 Å². The number of thiophene rings is 1. The number of rotatable bonds is 6. The van der Waals surface area contributed by atoms with Gasteiger partial charge in [-0.1, -0.05) is 56.3 Å². The highest BCUT2D eigenvalue weighted by Crippen LogP contribution is 2.48. The maximum absolute atomic E-state index is 10.0. The first-order valence-corrected chi connectivity index (χ1v) is 12.0. The number of aromatic hydroxyl groups is 1. The molecule has 2 aromatic heterocycles. The number of fused-ring (bicyclic) bond motifs is 1. The first kappa shape index (κ1) is 21.9. The van der Waals surface area contributed by atoms with E-state index in [-0.39, 0.29) is 5.75 Å². The summed E-state index contributed by atoms with van der Waals surface area (Å²) in [7, 11) is 0. The van der Waals surface area contributed by atoms with Crippen LogP contribution in [0.2, 0.25) is 0 Å². The Labute approximate surface area is 202 Å². The smallest absolute Gasteiger partial charge is 0.154 e. The van der Waals surface area contributed by atoms with Crippen LogP contribution in [0.1, 0.15) is 42.5 Å². The summed E-state index contributed by atoms with van der Waals surface area (Å²) in [5.41, 5.74) is 3.47. The number of H-pyrrole nitrogens is 1. The number of nitrogens with one attached hydrogen (secondary N) is 1. The van der Waals surface area contributed by atoms with E-state index >= 15 is 0 Å². The summed E-state index contributed by atoms with van der Waals surface area (Å²) < 4.78 is 7.48. The Balaban J connectivity index is 1.51. The van der Waals surface area contributed by atoms with Crippen LogP contribution in [0.15, 0.2) is 66.7 Å². The summed E-state index contributed by atoms with van der Waals surface area (Å²) in [6, 6.07) is 21.8. The normalized spacial score (nSPS) is 11.6. The summed E-state index contributed by atoms with van der Waals surface area (Å²) >= 11 is 1.64. The fourth-order valence-corrected chi connectivity index (χ4v) is 5.14. The minimum Gasteiger partial charge on any atom is -0.508 e. The lowest BCUT2D eigenvalue weighted by Gasteiger charge is -2.14. The molecule has 0 bridgehead atoms. The van der Waals surface area contributed by atoms with Crippen LogP contribution in [0.4, 0.5) is 0 Å². The maximum Gasteiger partial charge on any atom is 0.154 e. The van der Waals surface area contributed by atoms with Crippen molar-refractivity contribution in [2.75, 3.05) is 0 Å². The molecule has 34 heavy (non-hydrogen) atoms. The second-order valence-electron chi connectivity index (χ2n) is 8.48. The summed E-state index contributed by atoms with van der Waals surface area (Å²) in [4.78, 5) is 4.16. The average molecular weight is 468 g/mol. The molecule has 5 nitrogen and oxygen atoms in total. The molecular formula is C28H25N3O2S. The van der Waals surface area contributed by atoms with Crippen molar-refractivity contribution in [1.29, 1.82) is 0 Å². The van der Waals surface area contributed by atoms with Crippen LogP contribution < -0.4 is 4.74 Å². The van der Waals surface area contributed by atoms with E-state index in [1.165, 1.54) is 5.56 Å². The monoisotopic (exact) mass is 467 g/mol. The van der Waals surface area contributed by atoms with Gasteiger partial charge in [0.05, 0.1) is 4.88 Å². The fraction of sp³-hybridized carbons (Fsp3) is 0.143. The van der Waals surface area contributed by atoms with Crippen LogP contribution in [0, 0.1) is 6.92 Å². The Hall–Kier alpha value is -3.90. The lowest BCUT2D eigenvalue weighted by molar-refractivity contribution is 0.476. The fourth-order valence-electron chi connectivity index (χ4n) is 3.93. The van der Waals surface area contributed by atoms with Crippen molar-refractivity contribution >= 4 is 33.6 Å². The molecule has 0 aliphatic heterocycles. The molecule has 0 aliphatic carbocycles. The molecule has 0 radical (unpaired) electrons. The molecule has 6 heteroatoms. The number of hydrogen-bond acceptors (Lipinski definition) is 5. The zero-order chi connectivity index (χ0) is 23.7. The van der Waals surface area contributed by atoms with Crippen LogP contribution in [0.5, 0.6) is 17.2 Å². The van der Waals surface area contributed by atoms with Gasteiger partial charge in [-0.05, 0) is 65.9 Å². The van der Waals surface area contributed by atoms with Crippen molar-refractivity contribution in [3.05, 3.63) is 89.5 Å². The Bertz CT molecular complexity index is 1480. The molecule has 0 aliphatic rings. The van der Waals surface area contributed by atoms with Crippen LogP contribution in [0.3, 0.4) is 0 Å². The highest BCUT2D eigenvalue weighted by molar-refractivity contribution is 7.22. The molecule has 170 valence electrons. The molecule has 2 heterocycles. The topological polar surface area (TPSA) is 71.0 Å². The Morgan fingerprint density at radius 2 is 1.76 bits per heavy atom. The van der Waals surface area contributed by atoms with Gasteiger partial charge in [0, 0.05) is 10.1 Å². The maximum atomic E-state index is 10.0. The summed E-state index contributed by atoms with van der Waals surface area (Å²) in [6.07, 6.45) is 3.88. The van der Waals surface area contributed by atoms with E-state index in [0.717, 1.165) is 49.2 Å². The summed E-state index contributed by atoms with van der Waals surface area (Å²) in [6.45, 7) is 6.27. The molecule has 3 aromatic carbocycles. The molecule has 0 unspecified atom stereocenters. The number of ether oxygens (including phenoxy) is 1. The third-order valence-corrected chi connectivity index (χ3v) is 6.77. The Morgan fingerprint density at radius 3 is 2.50 bits per heavy atom. The lowest BCUT2D eigenvalue weighted by Crippen LogP contribution is -1.92. The van der Waals surface area contributed by atoms with Crippen LogP contribution in [0.25, 0.3) is 32.7 Å². The molecule has 0 atom stereocenters. The van der Waals surface area contributed by atoms with Gasteiger partial charge in [-0.15, -0.1) is 21.5 Å². The number of aromatic amines is 1. The van der Waals surface area contributed by atoms with E-state index in [2.05, 4.69) is 53.3 Å². The van der Waals surface area contributed by atoms with E-state index < -0.39 is 0 Å². The highest BCUT2D eigenvalue weighted by atomic mass is 32.1. The first-order chi connectivity index (χ1) is 16.5. The number of aryl methyl sites for hydroxylation is 1. The van der Waals surface area contributed by atoms with E-state index in [1.807, 2.05) is 49.4 Å². The summed E-state index contributed by atoms with van der Waals surface area (Å²) in [5.74, 6) is 3.70. The van der Waals surface area contributed by atoms with E-state index in [4.69, 9.17) is 4.74 Å². The Kier molecular flexibility index (Phi) is 5.90. The number of phenols is 1. The van der Waals surface area contributed by atoms with Gasteiger partial charge < -0.3 is 14.8 Å². The van der Waals surface area contributed by atoms with Crippen molar-refractivity contribution in [2.45, 2.75) is 26.7 Å². The number of phenolic OH excluding ortho intramolecular Hbond substituents is 1. The molecule has 0 amide bonds. The number of aromatic nitrogens is 3. The van der Waals surface area contributed by atoms with Crippen molar-refractivity contribution in [3.63, 3.8) is 0 Å². The largest absolute Gasteiger partial charge is 0.508 e. The second kappa shape index (κ2) is 9.15. The molecule has 0 spiro atoms. The minimum absolute atomic E-state index is 0.252. The third kappa shape index (κ3) is 4.45. The highest BCUT2D eigenvalue weighted by Gasteiger charge is 2.20. The van der Waals surface area contributed by atoms with Gasteiger partial charge in [0.2, 0.25) is 0 Å². The van der Waals surface area contributed by atoms with Gasteiger partial charge in [-0.25, -0.2) is 0 Å². The minimum atomic E-state index is 0.252. The van der Waals surface area contributed by atoms with Crippen molar-refractivity contribution in [3.8, 4) is 27.7 Å².